The van der Waals surface area contributed by atoms with Gasteiger partial charge < -0.3 is 11.1 Å². The lowest BCUT2D eigenvalue weighted by Crippen LogP contribution is -2.26. The van der Waals surface area contributed by atoms with Gasteiger partial charge in [0.05, 0.1) is 0 Å². The van der Waals surface area contributed by atoms with Crippen LogP contribution in [-0.4, -0.2) is 19.0 Å². The predicted octanol–water partition coefficient (Wildman–Crippen LogP) is 2.84. The van der Waals surface area contributed by atoms with Crippen LogP contribution in [0.2, 0.25) is 0 Å². The standard InChI is InChI=1S/C15H30N2O/c1-13-6-5-7-14(12-13)9-11-17-15(18)8-3-2-4-10-16/h13-14H,2-12,16H2,1H3,(H,17,18). The fourth-order valence-corrected chi connectivity index (χ4v) is 2.93. The lowest BCUT2D eigenvalue weighted by Gasteiger charge is -2.26. The first-order chi connectivity index (χ1) is 8.72. The molecule has 2 unspecified atom stereocenters. The molecule has 1 rings (SSSR count). The van der Waals surface area contributed by atoms with Crippen LogP contribution in [0.15, 0.2) is 0 Å². The Morgan fingerprint density at radius 1 is 1.28 bits per heavy atom. The molecule has 1 amide bonds. The molecule has 3 N–H and O–H groups in total. The van der Waals surface area contributed by atoms with Crippen molar-refractivity contribution >= 4 is 5.91 Å². The van der Waals surface area contributed by atoms with E-state index in [1.165, 1.54) is 32.1 Å². The summed E-state index contributed by atoms with van der Waals surface area (Å²) >= 11 is 0. The van der Waals surface area contributed by atoms with Crippen LogP contribution in [0, 0.1) is 11.8 Å². The molecule has 1 saturated carbocycles. The Bertz CT molecular complexity index is 231. The van der Waals surface area contributed by atoms with Crippen molar-refractivity contribution in [2.24, 2.45) is 17.6 Å². The molecule has 2 atom stereocenters. The fraction of sp³-hybridized carbons (Fsp3) is 0.933. The maximum Gasteiger partial charge on any atom is 0.219 e. The van der Waals surface area contributed by atoms with E-state index in [-0.39, 0.29) is 5.91 Å². The van der Waals surface area contributed by atoms with Gasteiger partial charge in [0.2, 0.25) is 5.91 Å². The number of amides is 1. The van der Waals surface area contributed by atoms with Crippen LogP contribution in [0.4, 0.5) is 0 Å². The highest BCUT2D eigenvalue weighted by molar-refractivity contribution is 5.75. The van der Waals surface area contributed by atoms with Crippen molar-refractivity contribution in [2.75, 3.05) is 13.1 Å². The normalized spacial score (nSPS) is 23.9. The molecule has 0 bridgehead atoms. The molecule has 0 aromatic carbocycles. The van der Waals surface area contributed by atoms with E-state index < -0.39 is 0 Å². The topological polar surface area (TPSA) is 55.1 Å². The number of nitrogens with one attached hydrogen (secondary N) is 1. The zero-order valence-electron chi connectivity index (χ0n) is 11.9. The predicted molar refractivity (Wildman–Crippen MR) is 76.3 cm³/mol. The molecule has 0 aromatic heterocycles. The molecule has 18 heavy (non-hydrogen) atoms. The van der Waals surface area contributed by atoms with E-state index in [9.17, 15) is 4.79 Å². The number of carbonyl (C=O) groups is 1. The number of rotatable bonds is 8. The Hall–Kier alpha value is -0.570. The summed E-state index contributed by atoms with van der Waals surface area (Å²) in [5, 5.41) is 3.05. The second-order valence-electron chi connectivity index (χ2n) is 5.88. The van der Waals surface area contributed by atoms with Crippen molar-refractivity contribution in [1.82, 2.24) is 5.32 Å². The molecule has 0 aliphatic heterocycles. The van der Waals surface area contributed by atoms with Crippen LogP contribution >= 0.6 is 0 Å². The Morgan fingerprint density at radius 3 is 2.83 bits per heavy atom. The minimum absolute atomic E-state index is 0.218. The lowest BCUT2D eigenvalue weighted by atomic mass is 9.81. The third-order valence-electron chi connectivity index (χ3n) is 4.03. The second-order valence-corrected chi connectivity index (χ2v) is 5.88. The Kier molecular flexibility index (Phi) is 8.06. The highest BCUT2D eigenvalue weighted by atomic mass is 16.1. The van der Waals surface area contributed by atoms with Gasteiger partial charge in [0.15, 0.2) is 0 Å². The average Bonchev–Trinajstić information content (AvgIpc) is 2.35. The van der Waals surface area contributed by atoms with E-state index >= 15 is 0 Å². The van der Waals surface area contributed by atoms with Gasteiger partial charge in [-0.25, -0.2) is 0 Å². The fourth-order valence-electron chi connectivity index (χ4n) is 2.93. The Balaban J connectivity index is 1.97. The van der Waals surface area contributed by atoms with Crippen molar-refractivity contribution < 1.29 is 4.79 Å². The molecule has 1 fully saturated rings. The van der Waals surface area contributed by atoms with Gasteiger partial charge in [-0.3, -0.25) is 4.79 Å². The number of nitrogens with two attached hydrogens (primary N) is 1. The van der Waals surface area contributed by atoms with E-state index in [4.69, 9.17) is 5.73 Å². The van der Waals surface area contributed by atoms with Crippen molar-refractivity contribution in [3.63, 3.8) is 0 Å². The molecular formula is C15H30N2O. The van der Waals surface area contributed by atoms with Gasteiger partial charge in [0.25, 0.3) is 0 Å². The molecule has 0 radical (unpaired) electrons. The highest BCUT2D eigenvalue weighted by Gasteiger charge is 2.18. The SMILES string of the molecule is CC1CCCC(CCNC(=O)CCCCCN)C1. The first kappa shape index (κ1) is 15.5. The number of hydrogen-bond acceptors (Lipinski definition) is 2. The molecule has 0 heterocycles. The largest absolute Gasteiger partial charge is 0.356 e. The molecule has 1 aliphatic rings. The summed E-state index contributed by atoms with van der Waals surface area (Å²) in [6.45, 7) is 3.96. The van der Waals surface area contributed by atoms with Crippen molar-refractivity contribution in [3.8, 4) is 0 Å². The molecule has 0 saturated heterocycles. The zero-order valence-corrected chi connectivity index (χ0v) is 11.9. The molecular weight excluding hydrogens is 224 g/mol. The quantitative estimate of drug-likeness (QED) is 0.654. The van der Waals surface area contributed by atoms with Crippen LogP contribution in [0.5, 0.6) is 0 Å². The molecule has 0 spiro atoms. The second kappa shape index (κ2) is 9.37. The van der Waals surface area contributed by atoms with E-state index in [1.54, 1.807) is 0 Å². The van der Waals surface area contributed by atoms with Gasteiger partial charge in [-0.1, -0.05) is 32.6 Å². The minimum Gasteiger partial charge on any atom is -0.356 e. The Labute approximate surface area is 112 Å². The third-order valence-corrected chi connectivity index (χ3v) is 4.03. The van der Waals surface area contributed by atoms with E-state index in [2.05, 4.69) is 12.2 Å². The number of hydrogen-bond donors (Lipinski definition) is 2. The first-order valence-corrected chi connectivity index (χ1v) is 7.69. The maximum absolute atomic E-state index is 11.6. The number of carbonyl (C=O) groups excluding carboxylic acids is 1. The summed E-state index contributed by atoms with van der Waals surface area (Å²) in [5.74, 6) is 1.94. The summed E-state index contributed by atoms with van der Waals surface area (Å²) in [5.41, 5.74) is 5.42. The van der Waals surface area contributed by atoms with E-state index in [1.807, 2.05) is 0 Å². The molecule has 1 aliphatic carbocycles. The molecule has 3 heteroatoms. The lowest BCUT2D eigenvalue weighted by molar-refractivity contribution is -0.121. The highest BCUT2D eigenvalue weighted by Crippen LogP contribution is 2.30. The smallest absolute Gasteiger partial charge is 0.219 e. The third kappa shape index (κ3) is 7.00. The van der Waals surface area contributed by atoms with E-state index in [0.717, 1.165) is 44.2 Å². The zero-order chi connectivity index (χ0) is 13.2. The molecule has 3 nitrogen and oxygen atoms in total. The van der Waals surface area contributed by atoms with E-state index in [0.29, 0.717) is 6.42 Å². The van der Waals surface area contributed by atoms with Crippen molar-refractivity contribution in [3.05, 3.63) is 0 Å². The maximum atomic E-state index is 11.6. The van der Waals surface area contributed by atoms with Crippen LogP contribution in [0.1, 0.15) is 64.7 Å². The summed E-state index contributed by atoms with van der Waals surface area (Å²) < 4.78 is 0. The summed E-state index contributed by atoms with van der Waals surface area (Å²) in [6.07, 6.45) is 10.4. The molecule has 106 valence electrons. The van der Waals surface area contributed by atoms with Gasteiger partial charge in [0, 0.05) is 13.0 Å². The first-order valence-electron chi connectivity index (χ1n) is 7.69. The van der Waals surface area contributed by atoms with Crippen molar-refractivity contribution in [2.45, 2.75) is 64.7 Å². The van der Waals surface area contributed by atoms with Gasteiger partial charge in [-0.05, 0) is 44.1 Å². The summed E-state index contributed by atoms with van der Waals surface area (Å²) in [7, 11) is 0. The van der Waals surface area contributed by atoms with Gasteiger partial charge in [-0.2, -0.15) is 0 Å². The van der Waals surface area contributed by atoms with Crippen LogP contribution < -0.4 is 11.1 Å². The Morgan fingerprint density at radius 2 is 2.11 bits per heavy atom. The summed E-state index contributed by atoms with van der Waals surface area (Å²) in [6, 6.07) is 0. The monoisotopic (exact) mass is 254 g/mol. The average molecular weight is 254 g/mol. The minimum atomic E-state index is 0.218. The van der Waals surface area contributed by atoms with Gasteiger partial charge >= 0.3 is 0 Å². The number of unbranched alkanes of at least 4 members (excludes halogenated alkanes) is 2. The molecule has 0 aromatic rings. The van der Waals surface area contributed by atoms with Crippen LogP contribution in [0.3, 0.4) is 0 Å². The summed E-state index contributed by atoms with van der Waals surface area (Å²) in [4.78, 5) is 11.6. The van der Waals surface area contributed by atoms with Gasteiger partial charge in [0.1, 0.15) is 0 Å². The van der Waals surface area contributed by atoms with Gasteiger partial charge in [-0.15, -0.1) is 0 Å². The van der Waals surface area contributed by atoms with Crippen LogP contribution in [-0.2, 0) is 4.79 Å². The van der Waals surface area contributed by atoms with Crippen molar-refractivity contribution in [1.29, 1.82) is 0 Å². The van der Waals surface area contributed by atoms with Crippen LogP contribution in [0.25, 0.3) is 0 Å².